The van der Waals surface area contributed by atoms with Crippen molar-refractivity contribution in [2.45, 2.75) is 25.5 Å². The van der Waals surface area contributed by atoms with Gasteiger partial charge in [0, 0.05) is 30.1 Å². The predicted molar refractivity (Wildman–Crippen MR) is 213 cm³/mol. The van der Waals surface area contributed by atoms with Crippen LogP contribution in [0.25, 0.3) is 0 Å². The van der Waals surface area contributed by atoms with E-state index in [1.165, 1.54) is 24.0 Å². The van der Waals surface area contributed by atoms with E-state index in [1.807, 2.05) is 91.0 Å². The molecule has 10 heteroatoms. The number of aliphatic hydroxyl groups excluding tert-OH is 1. The van der Waals surface area contributed by atoms with E-state index in [2.05, 4.69) is 11.9 Å². The lowest BCUT2D eigenvalue weighted by molar-refractivity contribution is -0.157. The Bertz CT molecular complexity index is 2100. The van der Waals surface area contributed by atoms with Crippen molar-refractivity contribution in [1.29, 1.82) is 0 Å². The normalized spacial score (nSPS) is 15.7. The molecule has 1 fully saturated rings. The Labute approximate surface area is 314 Å². The molecule has 5 aromatic carbocycles. The Morgan fingerprint density at radius 3 is 1.85 bits per heavy atom. The lowest BCUT2D eigenvalue weighted by atomic mass is 9.79. The SMILES string of the molecule is C=CCOC(=O)C(N1C(=O)[C@H]([C@@H](C)O)[C@H]1CC(=O)c1cccc(C(=O)Nc2ccc(OC)cc2)c1)=P(c1ccccc1)(c1ccccc1)c1ccccc1. The lowest BCUT2D eigenvalue weighted by Gasteiger charge is -2.50. The molecule has 6 rings (SSSR count). The topological polar surface area (TPSA) is 122 Å². The molecule has 3 atom stereocenters. The number of hydrogen-bond donors (Lipinski definition) is 2. The van der Waals surface area contributed by atoms with Crippen molar-refractivity contribution in [2.75, 3.05) is 19.0 Å². The van der Waals surface area contributed by atoms with E-state index in [1.54, 1.807) is 49.6 Å². The number of nitrogens with zero attached hydrogens (tertiary/aromatic N) is 1. The molecule has 5 aromatic rings. The number of likely N-dealkylation sites (tertiary alicyclic amines) is 1. The van der Waals surface area contributed by atoms with Gasteiger partial charge < -0.3 is 24.8 Å². The molecule has 0 saturated carbocycles. The first kappa shape index (κ1) is 37.7. The van der Waals surface area contributed by atoms with Gasteiger partial charge in [0.05, 0.1) is 25.2 Å². The number of ether oxygens (including phenoxy) is 2. The molecule has 0 aromatic heterocycles. The summed E-state index contributed by atoms with van der Waals surface area (Å²) < 4.78 is 11.0. The summed E-state index contributed by atoms with van der Waals surface area (Å²) in [6, 6.07) is 40.9. The molecule has 274 valence electrons. The van der Waals surface area contributed by atoms with Crippen LogP contribution < -0.4 is 26.0 Å². The van der Waals surface area contributed by atoms with Gasteiger partial charge in [-0.1, -0.05) is 116 Å². The zero-order chi connectivity index (χ0) is 38.2. The number of carbonyl (C=O) groups is 4. The number of hydrogen-bond acceptors (Lipinski definition) is 7. The fraction of sp³-hybridized carbons (Fsp3) is 0.159. The number of methoxy groups -OCH3 is 1. The molecule has 2 amide bonds. The Hall–Kier alpha value is -6.02. The van der Waals surface area contributed by atoms with E-state index in [0.717, 1.165) is 15.9 Å². The molecule has 0 radical (unpaired) electrons. The number of β-lactam (4-membered cyclic amide) rings is 1. The second kappa shape index (κ2) is 16.8. The van der Waals surface area contributed by atoms with E-state index < -0.39 is 42.7 Å². The minimum atomic E-state index is -3.23. The van der Waals surface area contributed by atoms with Crippen LogP contribution >= 0.6 is 6.89 Å². The Morgan fingerprint density at radius 1 is 0.815 bits per heavy atom. The molecule has 0 spiro atoms. The van der Waals surface area contributed by atoms with Gasteiger partial charge >= 0.3 is 5.97 Å². The summed E-state index contributed by atoms with van der Waals surface area (Å²) in [6.45, 7) is 1.89. The van der Waals surface area contributed by atoms with Gasteiger partial charge in [0.1, 0.15) is 17.8 Å². The highest BCUT2D eigenvalue weighted by Gasteiger charge is 2.55. The van der Waals surface area contributed by atoms with Gasteiger partial charge in [-0.2, -0.15) is 0 Å². The second-order valence-electron chi connectivity index (χ2n) is 12.8. The first-order valence-electron chi connectivity index (χ1n) is 17.5. The molecular formula is C44H41N2O7P. The van der Waals surface area contributed by atoms with Gasteiger partial charge in [0.25, 0.3) is 5.91 Å². The summed E-state index contributed by atoms with van der Waals surface area (Å²) in [5.41, 5.74) is 1.15. The smallest absolute Gasteiger partial charge is 0.356 e. The fourth-order valence-corrected chi connectivity index (χ4v) is 11.4. The minimum Gasteiger partial charge on any atom is -0.497 e. The minimum absolute atomic E-state index is 0.0975. The highest BCUT2D eigenvalue weighted by molar-refractivity contribution is 7.96. The number of amides is 2. The molecule has 0 aliphatic carbocycles. The molecular weight excluding hydrogens is 699 g/mol. The molecule has 1 aliphatic heterocycles. The maximum atomic E-state index is 14.7. The monoisotopic (exact) mass is 740 g/mol. The molecule has 9 nitrogen and oxygen atoms in total. The van der Waals surface area contributed by atoms with Gasteiger partial charge in [0.2, 0.25) is 5.91 Å². The van der Waals surface area contributed by atoms with E-state index in [-0.39, 0.29) is 35.4 Å². The average molecular weight is 741 g/mol. The van der Waals surface area contributed by atoms with Crippen molar-refractivity contribution in [2.24, 2.45) is 5.92 Å². The van der Waals surface area contributed by atoms with Crippen LogP contribution in [0.2, 0.25) is 0 Å². The highest BCUT2D eigenvalue weighted by atomic mass is 31.2. The zero-order valence-electron chi connectivity index (χ0n) is 30.0. The molecule has 0 bridgehead atoms. The largest absolute Gasteiger partial charge is 0.497 e. The highest BCUT2D eigenvalue weighted by Crippen LogP contribution is 2.50. The predicted octanol–water partition coefficient (Wildman–Crippen LogP) is 5.58. The summed E-state index contributed by atoms with van der Waals surface area (Å²) in [6.07, 6.45) is 0.0940. The van der Waals surface area contributed by atoms with Gasteiger partial charge in [-0.15, -0.1) is 0 Å². The van der Waals surface area contributed by atoms with Crippen LogP contribution in [-0.4, -0.2) is 64.9 Å². The first-order chi connectivity index (χ1) is 26.2. The number of anilines is 1. The van der Waals surface area contributed by atoms with Crippen LogP contribution in [0.5, 0.6) is 5.75 Å². The van der Waals surface area contributed by atoms with Gasteiger partial charge in [0.15, 0.2) is 5.78 Å². The van der Waals surface area contributed by atoms with E-state index in [0.29, 0.717) is 11.4 Å². The van der Waals surface area contributed by atoms with Crippen LogP contribution in [0.15, 0.2) is 152 Å². The molecule has 2 N–H and O–H groups in total. The van der Waals surface area contributed by atoms with Crippen LogP contribution in [0.3, 0.4) is 0 Å². The number of benzene rings is 5. The van der Waals surface area contributed by atoms with Crippen molar-refractivity contribution in [3.05, 3.63) is 163 Å². The Kier molecular flexibility index (Phi) is 11.7. The van der Waals surface area contributed by atoms with E-state index >= 15 is 0 Å². The maximum absolute atomic E-state index is 14.7. The number of Topliss-reactive ketones (excluding diaryl/α,β-unsaturated/α-hetero) is 1. The second-order valence-corrected chi connectivity index (χ2v) is 16.1. The number of aliphatic hydroxyl groups is 1. The van der Waals surface area contributed by atoms with Crippen LogP contribution in [-0.2, 0) is 14.3 Å². The van der Waals surface area contributed by atoms with Gasteiger partial charge in [-0.3, -0.25) is 14.4 Å². The Morgan fingerprint density at radius 2 is 1.35 bits per heavy atom. The summed E-state index contributed by atoms with van der Waals surface area (Å²) >= 11 is 0. The Balaban J connectivity index is 1.49. The first-order valence-corrected chi connectivity index (χ1v) is 19.3. The molecule has 54 heavy (non-hydrogen) atoms. The van der Waals surface area contributed by atoms with Crippen molar-refractivity contribution in [3.63, 3.8) is 0 Å². The van der Waals surface area contributed by atoms with E-state index in [4.69, 9.17) is 9.47 Å². The van der Waals surface area contributed by atoms with Crippen LogP contribution in [0.4, 0.5) is 5.69 Å². The third-order valence-electron chi connectivity index (χ3n) is 9.47. The number of esters is 1. The third-order valence-corrected chi connectivity index (χ3v) is 13.7. The van der Waals surface area contributed by atoms with Crippen molar-refractivity contribution in [1.82, 2.24) is 4.90 Å². The lowest BCUT2D eigenvalue weighted by Crippen LogP contribution is -2.68. The van der Waals surface area contributed by atoms with Gasteiger partial charge in [-0.25, -0.2) is 4.79 Å². The molecule has 1 heterocycles. The number of carbonyl (C=O) groups excluding carboxylic acids is 4. The van der Waals surface area contributed by atoms with E-state index in [9.17, 15) is 24.3 Å². The number of rotatable bonds is 14. The number of nitrogens with one attached hydrogen (secondary N) is 1. The average Bonchev–Trinajstić information content (AvgIpc) is 3.21. The van der Waals surface area contributed by atoms with Crippen molar-refractivity contribution in [3.8, 4) is 5.75 Å². The standard InChI is InChI=1S/C44H41N2O7P/c1-4-27-53-44(51)43(54(35-17-8-5-9-18-35,36-19-10-6-11-20-36)37-21-12-7-13-22-37)46-38(40(30(2)47)42(46)50)29-39(48)31-15-14-16-32(28-31)41(49)45-33-23-25-34(52-3)26-24-33/h4-26,28,30,38,40,47H,1,27,29H2,2-3H3,(H,45,49)/t30-,38-,40-/m1/s1. The summed E-state index contributed by atoms with van der Waals surface area (Å²) in [5.74, 6) is -2.35. The summed E-state index contributed by atoms with van der Waals surface area (Å²) in [5, 5.41) is 16.2. The molecule has 0 unspecified atom stereocenters. The maximum Gasteiger partial charge on any atom is 0.356 e. The third kappa shape index (κ3) is 7.42. The number of ketones is 1. The quantitative estimate of drug-likeness (QED) is 0.0502. The van der Waals surface area contributed by atoms with Crippen LogP contribution in [0.1, 0.15) is 34.1 Å². The summed E-state index contributed by atoms with van der Waals surface area (Å²) in [4.78, 5) is 57.9. The van der Waals surface area contributed by atoms with Gasteiger partial charge in [-0.05, 0) is 59.2 Å². The molecule has 1 aliphatic rings. The van der Waals surface area contributed by atoms with Crippen LogP contribution in [0, 0.1) is 5.92 Å². The fourth-order valence-electron chi connectivity index (χ4n) is 6.96. The zero-order valence-corrected chi connectivity index (χ0v) is 30.9. The summed E-state index contributed by atoms with van der Waals surface area (Å²) in [7, 11) is 1.55. The van der Waals surface area contributed by atoms with Crippen molar-refractivity contribution >= 4 is 57.5 Å². The molecule has 1 saturated heterocycles. The van der Waals surface area contributed by atoms with Crippen molar-refractivity contribution < 1.29 is 33.8 Å².